The van der Waals surface area contributed by atoms with E-state index in [1.54, 1.807) is 6.92 Å². The van der Waals surface area contributed by atoms with Crippen LogP contribution in [-0.4, -0.2) is 37.2 Å². The monoisotopic (exact) mass is 438 g/mol. The lowest BCUT2D eigenvalue weighted by atomic mass is 9.82. The summed E-state index contributed by atoms with van der Waals surface area (Å²) < 4.78 is 27.3. The van der Waals surface area contributed by atoms with Crippen LogP contribution in [0.15, 0.2) is 46.7 Å². The summed E-state index contributed by atoms with van der Waals surface area (Å²) in [6.45, 7) is 2.05. The lowest BCUT2D eigenvalue weighted by Crippen LogP contribution is -2.69. The Morgan fingerprint density at radius 1 is 1.11 bits per heavy atom. The van der Waals surface area contributed by atoms with Gasteiger partial charge in [0.1, 0.15) is 9.75 Å². The van der Waals surface area contributed by atoms with Crippen LogP contribution in [-0.2, 0) is 25.0 Å². The number of rotatable bonds is 5. The molecule has 2 fully saturated rings. The van der Waals surface area contributed by atoms with Crippen LogP contribution in [0.3, 0.4) is 0 Å². The Morgan fingerprint density at radius 2 is 1.79 bits per heavy atom. The number of nitrogens with one attached hydrogen (secondary N) is 1. The van der Waals surface area contributed by atoms with E-state index in [9.17, 15) is 18.0 Å². The molecule has 4 rings (SSSR count). The van der Waals surface area contributed by atoms with Crippen LogP contribution in [0.2, 0.25) is 4.34 Å². The quantitative estimate of drug-likeness (QED) is 0.777. The Morgan fingerprint density at radius 3 is 2.29 bits per heavy atom. The first kappa shape index (κ1) is 19.4. The van der Waals surface area contributed by atoms with Gasteiger partial charge in [-0.3, -0.25) is 9.59 Å². The molecule has 6 nitrogen and oxygen atoms in total. The van der Waals surface area contributed by atoms with Crippen LogP contribution in [0.25, 0.3) is 0 Å². The molecule has 1 aromatic carbocycles. The number of halogens is 1. The van der Waals surface area contributed by atoms with Gasteiger partial charge < -0.3 is 4.90 Å². The molecule has 1 aliphatic carbocycles. The Kier molecular flexibility index (Phi) is 4.56. The molecule has 1 N–H and O–H groups in total. The highest BCUT2D eigenvalue weighted by atomic mass is 35.5. The second-order valence-corrected chi connectivity index (χ2v) is 11.0. The Hall–Kier alpha value is -1.90. The van der Waals surface area contributed by atoms with Gasteiger partial charge in [0.05, 0.1) is 9.75 Å². The van der Waals surface area contributed by atoms with Crippen molar-refractivity contribution in [2.24, 2.45) is 0 Å². The summed E-state index contributed by atoms with van der Waals surface area (Å²) in [7, 11) is -4.02. The maximum Gasteiger partial charge on any atom is 0.273 e. The van der Waals surface area contributed by atoms with Gasteiger partial charge in [-0.25, -0.2) is 13.1 Å². The van der Waals surface area contributed by atoms with Crippen LogP contribution < -0.4 is 4.72 Å². The summed E-state index contributed by atoms with van der Waals surface area (Å²) in [5.74, 6) is -0.806. The Balaban J connectivity index is 1.54. The van der Waals surface area contributed by atoms with Crippen molar-refractivity contribution in [1.29, 1.82) is 0 Å². The standard InChI is InChI=1S/C19H19ClN2O4S2/c1-18(16(23)21-28(25,26)15-8-7-14(20)27-15)11-12-22(18)17(24)19(9-10-19)13-5-3-2-4-6-13/h2-8H,9-12H2,1H3,(H,21,23). The zero-order chi connectivity index (χ0) is 20.2. The molecule has 2 aromatic rings. The Bertz CT molecular complexity index is 1050. The maximum atomic E-state index is 13.3. The molecule has 9 heteroatoms. The van der Waals surface area contributed by atoms with Crippen LogP contribution in [0.5, 0.6) is 0 Å². The summed E-state index contributed by atoms with van der Waals surface area (Å²) in [4.78, 5) is 27.6. The number of carbonyl (C=O) groups excluding carboxylic acids is 2. The van der Waals surface area contributed by atoms with Crippen LogP contribution >= 0.6 is 22.9 Å². The van der Waals surface area contributed by atoms with Gasteiger partial charge in [0.2, 0.25) is 5.91 Å². The third kappa shape index (κ3) is 3.03. The topological polar surface area (TPSA) is 83.6 Å². The summed E-state index contributed by atoms with van der Waals surface area (Å²) in [5.41, 5.74) is -0.839. The lowest BCUT2D eigenvalue weighted by molar-refractivity contribution is -0.158. The molecule has 1 atom stereocenters. The lowest BCUT2D eigenvalue weighted by Gasteiger charge is -2.50. The highest BCUT2D eigenvalue weighted by Crippen LogP contribution is 2.51. The van der Waals surface area contributed by atoms with E-state index in [1.165, 1.54) is 17.0 Å². The fraction of sp³-hybridized carbons (Fsp3) is 0.368. The van der Waals surface area contributed by atoms with Crippen molar-refractivity contribution < 1.29 is 18.0 Å². The molecule has 2 heterocycles. The first-order valence-electron chi connectivity index (χ1n) is 8.89. The second-order valence-electron chi connectivity index (χ2n) is 7.42. The van der Waals surface area contributed by atoms with Gasteiger partial charge in [0.25, 0.3) is 15.9 Å². The minimum absolute atomic E-state index is 0.0328. The maximum absolute atomic E-state index is 13.3. The van der Waals surface area contributed by atoms with Crippen molar-refractivity contribution in [3.8, 4) is 0 Å². The van der Waals surface area contributed by atoms with Crippen molar-refractivity contribution in [3.05, 3.63) is 52.4 Å². The zero-order valence-corrected chi connectivity index (χ0v) is 17.5. The molecule has 0 spiro atoms. The molecule has 1 saturated heterocycles. The highest BCUT2D eigenvalue weighted by Gasteiger charge is 2.60. The molecule has 2 aliphatic rings. The number of nitrogens with zero attached hydrogens (tertiary/aromatic N) is 1. The van der Waals surface area contributed by atoms with Crippen molar-refractivity contribution in [3.63, 3.8) is 0 Å². The number of hydrogen-bond donors (Lipinski definition) is 1. The predicted molar refractivity (Wildman–Crippen MR) is 107 cm³/mol. The van der Waals surface area contributed by atoms with Crippen LogP contribution in [0.1, 0.15) is 31.7 Å². The highest BCUT2D eigenvalue weighted by molar-refractivity contribution is 7.92. The van der Waals surface area contributed by atoms with E-state index in [0.29, 0.717) is 17.3 Å². The van der Waals surface area contributed by atoms with E-state index in [0.717, 1.165) is 29.7 Å². The van der Waals surface area contributed by atoms with Crippen molar-refractivity contribution >= 4 is 44.8 Å². The largest absolute Gasteiger partial charge is 0.327 e. The zero-order valence-electron chi connectivity index (χ0n) is 15.1. The minimum Gasteiger partial charge on any atom is -0.327 e. The van der Waals surface area contributed by atoms with Gasteiger partial charge in [-0.2, -0.15) is 0 Å². The van der Waals surface area contributed by atoms with Gasteiger partial charge >= 0.3 is 0 Å². The van der Waals surface area contributed by atoms with E-state index in [4.69, 9.17) is 11.6 Å². The second kappa shape index (κ2) is 6.57. The fourth-order valence-corrected chi connectivity index (χ4v) is 6.17. The number of amides is 2. The van der Waals surface area contributed by atoms with Crippen molar-refractivity contribution in [1.82, 2.24) is 9.62 Å². The number of likely N-dealkylation sites (tertiary alicyclic amines) is 1. The molecule has 0 bridgehead atoms. The summed E-state index contributed by atoms with van der Waals surface area (Å²) in [5, 5.41) is 0. The minimum atomic E-state index is -4.02. The molecule has 28 heavy (non-hydrogen) atoms. The molecule has 0 radical (unpaired) electrons. The van der Waals surface area contributed by atoms with Crippen LogP contribution in [0, 0.1) is 0 Å². The van der Waals surface area contributed by atoms with Crippen LogP contribution in [0.4, 0.5) is 0 Å². The number of benzene rings is 1. The summed E-state index contributed by atoms with van der Waals surface area (Å²) in [6, 6.07) is 12.3. The summed E-state index contributed by atoms with van der Waals surface area (Å²) >= 11 is 6.67. The third-order valence-electron chi connectivity index (χ3n) is 5.68. The van der Waals surface area contributed by atoms with Gasteiger partial charge in [0, 0.05) is 6.54 Å². The average molecular weight is 439 g/mol. The first-order valence-corrected chi connectivity index (χ1v) is 11.6. The first-order chi connectivity index (χ1) is 13.2. The van der Waals surface area contributed by atoms with Crippen molar-refractivity contribution in [2.45, 2.75) is 41.3 Å². The van der Waals surface area contributed by atoms with E-state index >= 15 is 0 Å². The molecular weight excluding hydrogens is 420 g/mol. The van der Waals surface area contributed by atoms with Gasteiger partial charge in [0.15, 0.2) is 0 Å². The average Bonchev–Trinajstić information content (AvgIpc) is 3.35. The van der Waals surface area contributed by atoms with E-state index in [1.807, 2.05) is 30.3 Å². The predicted octanol–water partition coefficient (Wildman–Crippen LogP) is 2.93. The molecule has 2 amide bonds. The van der Waals surface area contributed by atoms with Gasteiger partial charge in [-0.15, -0.1) is 11.3 Å². The molecule has 1 saturated carbocycles. The SMILES string of the molecule is CC1(C(=O)NS(=O)(=O)c2ccc(Cl)s2)CCN1C(=O)C1(c2ccccc2)CC1. The van der Waals surface area contributed by atoms with E-state index in [-0.39, 0.29) is 10.1 Å². The van der Waals surface area contributed by atoms with Crippen molar-refractivity contribution in [2.75, 3.05) is 6.54 Å². The third-order valence-corrected chi connectivity index (χ3v) is 8.73. The van der Waals surface area contributed by atoms with E-state index in [2.05, 4.69) is 4.72 Å². The van der Waals surface area contributed by atoms with Gasteiger partial charge in [-0.05, 0) is 43.9 Å². The Labute approximate surface area is 172 Å². The molecular formula is C19H19ClN2O4S2. The number of thiophene rings is 1. The molecule has 1 aromatic heterocycles. The smallest absolute Gasteiger partial charge is 0.273 e. The van der Waals surface area contributed by atoms with E-state index < -0.39 is 26.9 Å². The number of carbonyl (C=O) groups is 2. The molecule has 1 aliphatic heterocycles. The fourth-order valence-electron chi connectivity index (χ4n) is 3.61. The normalized spacial score (nSPS) is 23.0. The molecule has 1 unspecified atom stereocenters. The number of sulfonamides is 1. The van der Waals surface area contributed by atoms with Gasteiger partial charge in [-0.1, -0.05) is 41.9 Å². The molecule has 148 valence electrons. The summed E-state index contributed by atoms with van der Waals surface area (Å²) in [6.07, 6.45) is 1.88. The number of hydrogen-bond acceptors (Lipinski definition) is 5.